The number of nitrogens with zero attached hydrogens (tertiary/aromatic N) is 4. The van der Waals surface area contributed by atoms with Gasteiger partial charge in [-0.25, -0.2) is 4.99 Å². The molecule has 0 saturated carbocycles. The normalized spacial score (nSPS) is 11.8. The molecule has 0 spiro atoms. The van der Waals surface area contributed by atoms with Crippen molar-refractivity contribution in [2.45, 2.75) is 39.8 Å². The summed E-state index contributed by atoms with van der Waals surface area (Å²) in [6.45, 7) is 8.16. The Morgan fingerprint density at radius 1 is 1.11 bits per heavy atom. The molecule has 2 N–H and O–H groups in total. The SMILES string of the molecule is CCNC(=NCc1nnc2ccccn12)NCCc1ccc(OC(C)C)cc1. The molecule has 0 bridgehead atoms. The van der Waals surface area contributed by atoms with Gasteiger partial charge in [0.15, 0.2) is 17.4 Å². The minimum Gasteiger partial charge on any atom is -0.491 e. The maximum Gasteiger partial charge on any atom is 0.191 e. The van der Waals surface area contributed by atoms with Gasteiger partial charge in [-0.3, -0.25) is 4.40 Å². The van der Waals surface area contributed by atoms with E-state index in [0.29, 0.717) is 6.54 Å². The van der Waals surface area contributed by atoms with Crippen LogP contribution in [0.15, 0.2) is 53.7 Å². The second-order valence-corrected chi connectivity index (χ2v) is 6.73. The predicted octanol–water partition coefficient (Wildman–Crippen LogP) is 2.81. The minimum absolute atomic E-state index is 0.189. The van der Waals surface area contributed by atoms with Crippen LogP contribution in [0.2, 0.25) is 0 Å². The zero-order chi connectivity index (χ0) is 19.8. The number of hydrogen-bond donors (Lipinski definition) is 2. The summed E-state index contributed by atoms with van der Waals surface area (Å²) >= 11 is 0. The van der Waals surface area contributed by atoms with E-state index in [2.05, 4.69) is 44.9 Å². The number of benzene rings is 1. The van der Waals surface area contributed by atoms with Gasteiger partial charge in [0.1, 0.15) is 12.3 Å². The van der Waals surface area contributed by atoms with Gasteiger partial charge in [0, 0.05) is 19.3 Å². The summed E-state index contributed by atoms with van der Waals surface area (Å²) < 4.78 is 7.64. The summed E-state index contributed by atoms with van der Waals surface area (Å²) in [7, 11) is 0. The van der Waals surface area contributed by atoms with Crippen molar-refractivity contribution in [1.29, 1.82) is 0 Å². The Hall–Kier alpha value is -3.09. The molecule has 2 aromatic heterocycles. The van der Waals surface area contributed by atoms with Gasteiger partial charge in [0.05, 0.1) is 6.10 Å². The van der Waals surface area contributed by atoms with E-state index in [4.69, 9.17) is 4.74 Å². The van der Waals surface area contributed by atoms with Crippen molar-refractivity contribution in [3.05, 3.63) is 60.0 Å². The van der Waals surface area contributed by atoms with E-state index < -0.39 is 0 Å². The van der Waals surface area contributed by atoms with Crippen LogP contribution in [-0.2, 0) is 13.0 Å². The van der Waals surface area contributed by atoms with E-state index in [1.807, 2.05) is 54.8 Å². The molecule has 0 amide bonds. The highest BCUT2D eigenvalue weighted by Crippen LogP contribution is 2.14. The summed E-state index contributed by atoms with van der Waals surface area (Å²) in [6, 6.07) is 14.1. The molecule has 0 unspecified atom stereocenters. The number of aliphatic imine (C=N–C) groups is 1. The van der Waals surface area contributed by atoms with Crippen LogP contribution in [0, 0.1) is 0 Å². The maximum absolute atomic E-state index is 5.68. The Morgan fingerprint density at radius 3 is 2.68 bits per heavy atom. The van der Waals surface area contributed by atoms with Crippen LogP contribution in [0.25, 0.3) is 5.65 Å². The number of hydrogen-bond acceptors (Lipinski definition) is 4. The van der Waals surface area contributed by atoms with Gasteiger partial charge in [-0.2, -0.15) is 0 Å². The van der Waals surface area contributed by atoms with Crippen molar-refractivity contribution in [2.24, 2.45) is 4.99 Å². The van der Waals surface area contributed by atoms with Gasteiger partial charge in [0.25, 0.3) is 0 Å². The summed E-state index contributed by atoms with van der Waals surface area (Å²) in [5.41, 5.74) is 2.08. The largest absolute Gasteiger partial charge is 0.491 e. The molecular weight excluding hydrogens is 352 g/mol. The van der Waals surface area contributed by atoms with Gasteiger partial charge in [-0.1, -0.05) is 18.2 Å². The van der Waals surface area contributed by atoms with E-state index >= 15 is 0 Å². The Morgan fingerprint density at radius 2 is 1.93 bits per heavy atom. The van der Waals surface area contributed by atoms with Crippen LogP contribution in [0.1, 0.15) is 32.2 Å². The number of nitrogens with one attached hydrogen (secondary N) is 2. The van der Waals surface area contributed by atoms with Crippen molar-refractivity contribution in [1.82, 2.24) is 25.2 Å². The standard InChI is InChI=1S/C21H28N6O/c1-4-22-21(24-15-20-26-25-19-7-5-6-14-27(19)20)23-13-12-17-8-10-18(11-9-17)28-16(2)3/h5-11,14,16H,4,12-13,15H2,1-3H3,(H2,22,23,24). The van der Waals surface area contributed by atoms with Crippen molar-refractivity contribution in [3.63, 3.8) is 0 Å². The van der Waals surface area contributed by atoms with E-state index in [9.17, 15) is 0 Å². The van der Waals surface area contributed by atoms with Crippen LogP contribution in [0.5, 0.6) is 5.75 Å². The zero-order valence-electron chi connectivity index (χ0n) is 16.7. The van der Waals surface area contributed by atoms with Crippen molar-refractivity contribution < 1.29 is 4.74 Å². The highest BCUT2D eigenvalue weighted by molar-refractivity contribution is 5.79. The summed E-state index contributed by atoms with van der Waals surface area (Å²) in [6.07, 6.45) is 3.04. The molecule has 28 heavy (non-hydrogen) atoms. The average Bonchev–Trinajstić information content (AvgIpc) is 3.10. The van der Waals surface area contributed by atoms with Crippen molar-refractivity contribution in [3.8, 4) is 5.75 Å². The fourth-order valence-electron chi connectivity index (χ4n) is 2.82. The molecule has 3 rings (SSSR count). The third kappa shape index (κ3) is 5.45. The first kappa shape index (κ1) is 19.7. The zero-order valence-corrected chi connectivity index (χ0v) is 16.7. The lowest BCUT2D eigenvalue weighted by Crippen LogP contribution is -2.38. The lowest BCUT2D eigenvalue weighted by atomic mass is 10.1. The van der Waals surface area contributed by atoms with Gasteiger partial charge in [-0.05, 0) is 57.0 Å². The Kier molecular flexibility index (Phi) is 6.84. The van der Waals surface area contributed by atoms with Gasteiger partial charge < -0.3 is 15.4 Å². The molecule has 0 atom stereocenters. The summed E-state index contributed by atoms with van der Waals surface area (Å²) in [4.78, 5) is 4.64. The van der Waals surface area contributed by atoms with E-state index in [1.165, 1.54) is 5.56 Å². The van der Waals surface area contributed by atoms with Gasteiger partial charge in [0.2, 0.25) is 0 Å². The topological polar surface area (TPSA) is 75.8 Å². The number of ether oxygens (including phenoxy) is 1. The fraction of sp³-hybridized carbons (Fsp3) is 0.381. The van der Waals surface area contributed by atoms with Crippen LogP contribution < -0.4 is 15.4 Å². The molecule has 3 aromatic rings. The van der Waals surface area contributed by atoms with E-state index in [0.717, 1.165) is 42.7 Å². The molecule has 148 valence electrons. The second-order valence-electron chi connectivity index (χ2n) is 6.73. The van der Waals surface area contributed by atoms with Crippen LogP contribution in [0.3, 0.4) is 0 Å². The quantitative estimate of drug-likeness (QED) is 0.464. The van der Waals surface area contributed by atoms with Crippen molar-refractivity contribution in [2.75, 3.05) is 13.1 Å². The highest BCUT2D eigenvalue weighted by Gasteiger charge is 2.05. The Bertz CT molecular complexity index is 901. The molecule has 0 aliphatic heterocycles. The maximum atomic E-state index is 5.68. The summed E-state index contributed by atoms with van der Waals surface area (Å²) in [5.74, 6) is 2.49. The minimum atomic E-state index is 0.189. The fourth-order valence-corrected chi connectivity index (χ4v) is 2.82. The molecule has 7 heteroatoms. The van der Waals surface area contributed by atoms with Crippen LogP contribution in [-0.4, -0.2) is 39.8 Å². The number of pyridine rings is 1. The lowest BCUT2D eigenvalue weighted by molar-refractivity contribution is 0.242. The smallest absolute Gasteiger partial charge is 0.191 e. The molecule has 1 aromatic carbocycles. The number of rotatable bonds is 8. The van der Waals surface area contributed by atoms with E-state index in [-0.39, 0.29) is 6.10 Å². The number of guanidine groups is 1. The van der Waals surface area contributed by atoms with Crippen LogP contribution >= 0.6 is 0 Å². The van der Waals surface area contributed by atoms with Crippen molar-refractivity contribution >= 4 is 11.6 Å². The lowest BCUT2D eigenvalue weighted by Gasteiger charge is -2.12. The first-order valence-corrected chi connectivity index (χ1v) is 9.72. The molecular formula is C21H28N6O. The highest BCUT2D eigenvalue weighted by atomic mass is 16.5. The molecule has 0 radical (unpaired) electrons. The molecule has 0 saturated heterocycles. The first-order chi connectivity index (χ1) is 13.7. The number of aromatic nitrogens is 3. The summed E-state index contributed by atoms with van der Waals surface area (Å²) in [5, 5.41) is 15.0. The number of fused-ring (bicyclic) bond motifs is 1. The Balaban J connectivity index is 1.55. The second kappa shape index (κ2) is 9.73. The molecule has 0 fully saturated rings. The van der Waals surface area contributed by atoms with Gasteiger partial charge >= 0.3 is 0 Å². The Labute approximate surface area is 165 Å². The third-order valence-electron chi connectivity index (χ3n) is 4.11. The average molecular weight is 380 g/mol. The predicted molar refractivity (Wildman–Crippen MR) is 112 cm³/mol. The molecule has 2 heterocycles. The molecule has 0 aliphatic carbocycles. The van der Waals surface area contributed by atoms with Crippen LogP contribution in [0.4, 0.5) is 0 Å². The first-order valence-electron chi connectivity index (χ1n) is 9.72. The molecule has 7 nitrogen and oxygen atoms in total. The monoisotopic (exact) mass is 380 g/mol. The van der Waals surface area contributed by atoms with E-state index in [1.54, 1.807) is 0 Å². The van der Waals surface area contributed by atoms with Gasteiger partial charge in [-0.15, -0.1) is 10.2 Å². The third-order valence-corrected chi connectivity index (χ3v) is 4.11. The molecule has 0 aliphatic rings.